The third-order valence-corrected chi connectivity index (χ3v) is 6.41. The number of halogens is 1. The van der Waals surface area contributed by atoms with Crippen molar-refractivity contribution in [3.63, 3.8) is 0 Å². The number of aryl methyl sites for hydroxylation is 1. The van der Waals surface area contributed by atoms with E-state index in [0.717, 1.165) is 15.7 Å². The van der Waals surface area contributed by atoms with Crippen molar-refractivity contribution < 1.29 is 9.32 Å². The van der Waals surface area contributed by atoms with Gasteiger partial charge in [0.1, 0.15) is 5.56 Å². The van der Waals surface area contributed by atoms with Crippen molar-refractivity contribution in [1.82, 2.24) is 15.4 Å². The van der Waals surface area contributed by atoms with E-state index in [1.54, 1.807) is 43.0 Å². The van der Waals surface area contributed by atoms with Gasteiger partial charge in [0.25, 0.3) is 5.91 Å². The Kier molecular flexibility index (Phi) is 6.81. The van der Waals surface area contributed by atoms with Gasteiger partial charge in [-0.15, -0.1) is 10.2 Å². The molecule has 0 spiro atoms. The van der Waals surface area contributed by atoms with E-state index < -0.39 is 0 Å². The summed E-state index contributed by atoms with van der Waals surface area (Å²) in [5.41, 5.74) is 2.72. The standard InChI is InChI=1S/C22H17ClN4O2S2/c1-14-18(19(29-27-14)16-9-11-17(23)12-10-16)20(28)24-21-25-26-22(31-21)30-13-5-8-15-6-3-2-4-7-15/h2-12H,13H2,1H3,(H,24,25,28)/b8-5+. The summed E-state index contributed by atoms with van der Waals surface area (Å²) in [6.45, 7) is 1.72. The van der Waals surface area contributed by atoms with E-state index in [-0.39, 0.29) is 5.91 Å². The van der Waals surface area contributed by atoms with Crippen LogP contribution < -0.4 is 5.32 Å². The first-order valence-electron chi connectivity index (χ1n) is 9.31. The molecule has 2 aromatic heterocycles. The summed E-state index contributed by atoms with van der Waals surface area (Å²) in [7, 11) is 0. The zero-order valence-corrected chi connectivity index (χ0v) is 18.8. The molecule has 0 saturated heterocycles. The van der Waals surface area contributed by atoms with Gasteiger partial charge in [-0.05, 0) is 36.8 Å². The van der Waals surface area contributed by atoms with E-state index in [4.69, 9.17) is 16.1 Å². The number of nitrogens with one attached hydrogen (secondary N) is 1. The Hall–Kier alpha value is -2.94. The molecule has 156 valence electrons. The quantitative estimate of drug-likeness (QED) is 0.256. The fraction of sp³-hybridized carbons (Fsp3) is 0.0909. The van der Waals surface area contributed by atoms with Crippen LogP contribution >= 0.6 is 34.7 Å². The summed E-state index contributed by atoms with van der Waals surface area (Å²) < 4.78 is 6.16. The summed E-state index contributed by atoms with van der Waals surface area (Å²) >= 11 is 8.82. The van der Waals surface area contributed by atoms with Crippen LogP contribution in [0.2, 0.25) is 5.02 Å². The van der Waals surface area contributed by atoms with Crippen molar-refractivity contribution in [2.75, 3.05) is 11.1 Å². The van der Waals surface area contributed by atoms with Gasteiger partial charge in [-0.25, -0.2) is 0 Å². The lowest BCUT2D eigenvalue weighted by atomic mass is 10.1. The lowest BCUT2D eigenvalue weighted by molar-refractivity contribution is 0.102. The number of hydrogen-bond donors (Lipinski definition) is 1. The van der Waals surface area contributed by atoms with Crippen LogP contribution in [-0.2, 0) is 0 Å². The minimum atomic E-state index is -0.347. The van der Waals surface area contributed by atoms with E-state index in [2.05, 4.69) is 32.8 Å². The summed E-state index contributed by atoms with van der Waals surface area (Å²) in [5, 5.41) is 16.0. The zero-order chi connectivity index (χ0) is 21.6. The number of nitrogens with zero attached hydrogens (tertiary/aromatic N) is 3. The predicted molar refractivity (Wildman–Crippen MR) is 126 cm³/mol. The maximum Gasteiger partial charge on any atom is 0.263 e. The second-order valence-corrected chi connectivity index (χ2v) is 9.11. The number of rotatable bonds is 7. The maximum atomic E-state index is 12.9. The number of carbonyl (C=O) groups is 1. The van der Waals surface area contributed by atoms with Gasteiger partial charge in [0.2, 0.25) is 5.13 Å². The number of carbonyl (C=O) groups excluding carboxylic acids is 1. The van der Waals surface area contributed by atoms with Gasteiger partial charge in [0.15, 0.2) is 10.1 Å². The van der Waals surface area contributed by atoms with E-state index in [1.807, 2.05) is 30.3 Å². The second-order valence-electron chi connectivity index (χ2n) is 6.43. The van der Waals surface area contributed by atoms with E-state index in [1.165, 1.54) is 11.3 Å². The zero-order valence-electron chi connectivity index (χ0n) is 16.4. The molecule has 1 amide bonds. The van der Waals surface area contributed by atoms with Gasteiger partial charge < -0.3 is 4.52 Å². The molecule has 1 N–H and O–H groups in total. The molecule has 0 atom stereocenters. The highest BCUT2D eigenvalue weighted by Gasteiger charge is 2.23. The highest BCUT2D eigenvalue weighted by Crippen LogP contribution is 2.30. The SMILES string of the molecule is Cc1noc(-c2ccc(Cl)cc2)c1C(=O)Nc1nnc(SC/C=C/c2ccccc2)s1. The number of aromatic nitrogens is 3. The molecule has 2 aromatic carbocycles. The Morgan fingerprint density at radius 2 is 1.94 bits per heavy atom. The Balaban J connectivity index is 1.40. The van der Waals surface area contributed by atoms with Crippen molar-refractivity contribution in [3.8, 4) is 11.3 Å². The van der Waals surface area contributed by atoms with Crippen LogP contribution in [0.5, 0.6) is 0 Å². The van der Waals surface area contributed by atoms with Crippen LogP contribution in [0.4, 0.5) is 5.13 Å². The van der Waals surface area contributed by atoms with E-state index in [0.29, 0.717) is 32.7 Å². The van der Waals surface area contributed by atoms with Crippen molar-refractivity contribution in [3.05, 3.63) is 82.5 Å². The summed E-state index contributed by atoms with van der Waals surface area (Å²) in [6.07, 6.45) is 4.13. The van der Waals surface area contributed by atoms with Crippen LogP contribution in [0.3, 0.4) is 0 Å². The third-order valence-electron chi connectivity index (χ3n) is 4.24. The first kappa shape index (κ1) is 21.3. The van der Waals surface area contributed by atoms with Crippen molar-refractivity contribution in [2.45, 2.75) is 11.3 Å². The van der Waals surface area contributed by atoms with Gasteiger partial charge in [0.05, 0.1) is 5.69 Å². The minimum Gasteiger partial charge on any atom is -0.355 e. The number of benzene rings is 2. The molecule has 4 rings (SSSR count). The number of amides is 1. The lowest BCUT2D eigenvalue weighted by Crippen LogP contribution is -2.13. The fourth-order valence-corrected chi connectivity index (χ4v) is 4.49. The number of anilines is 1. The highest BCUT2D eigenvalue weighted by atomic mass is 35.5. The van der Waals surface area contributed by atoms with Crippen LogP contribution in [-0.4, -0.2) is 27.0 Å². The molecular weight excluding hydrogens is 452 g/mol. The van der Waals surface area contributed by atoms with Crippen LogP contribution in [0.15, 0.2) is 69.5 Å². The highest BCUT2D eigenvalue weighted by molar-refractivity contribution is 8.01. The van der Waals surface area contributed by atoms with Gasteiger partial charge in [0, 0.05) is 16.3 Å². The Bertz CT molecular complexity index is 1200. The topological polar surface area (TPSA) is 80.9 Å². The molecule has 9 heteroatoms. The molecule has 6 nitrogen and oxygen atoms in total. The summed E-state index contributed by atoms with van der Waals surface area (Å²) in [4.78, 5) is 12.9. The van der Waals surface area contributed by atoms with Crippen molar-refractivity contribution in [2.24, 2.45) is 0 Å². The first-order valence-corrected chi connectivity index (χ1v) is 11.5. The van der Waals surface area contributed by atoms with Gasteiger partial charge in [-0.3, -0.25) is 10.1 Å². The molecule has 31 heavy (non-hydrogen) atoms. The molecule has 0 saturated carbocycles. The predicted octanol–water partition coefficient (Wildman–Crippen LogP) is 6.21. The third kappa shape index (κ3) is 5.41. The van der Waals surface area contributed by atoms with Crippen molar-refractivity contribution >= 4 is 51.8 Å². The van der Waals surface area contributed by atoms with Gasteiger partial charge in [-0.1, -0.05) is 82.3 Å². The largest absolute Gasteiger partial charge is 0.355 e. The van der Waals surface area contributed by atoms with Gasteiger partial charge in [-0.2, -0.15) is 0 Å². The average molecular weight is 469 g/mol. The molecule has 0 aliphatic rings. The normalized spacial score (nSPS) is 11.2. The lowest BCUT2D eigenvalue weighted by Gasteiger charge is -2.02. The minimum absolute atomic E-state index is 0.347. The molecule has 0 fully saturated rings. The average Bonchev–Trinajstić information content (AvgIpc) is 3.39. The van der Waals surface area contributed by atoms with Crippen LogP contribution in [0, 0.1) is 6.92 Å². The first-order chi connectivity index (χ1) is 15.1. The Morgan fingerprint density at radius 1 is 1.16 bits per heavy atom. The molecule has 0 aliphatic carbocycles. The molecule has 0 bridgehead atoms. The number of thioether (sulfide) groups is 1. The summed E-state index contributed by atoms with van der Waals surface area (Å²) in [6, 6.07) is 17.1. The van der Waals surface area contributed by atoms with Gasteiger partial charge >= 0.3 is 0 Å². The van der Waals surface area contributed by atoms with E-state index >= 15 is 0 Å². The molecule has 4 aromatic rings. The van der Waals surface area contributed by atoms with E-state index in [9.17, 15) is 4.79 Å². The Morgan fingerprint density at radius 3 is 2.71 bits per heavy atom. The van der Waals surface area contributed by atoms with Crippen LogP contribution in [0.1, 0.15) is 21.6 Å². The summed E-state index contributed by atoms with van der Waals surface area (Å²) in [5.74, 6) is 0.792. The Labute approximate surface area is 192 Å². The molecular formula is C22H17ClN4O2S2. The number of hydrogen-bond acceptors (Lipinski definition) is 7. The van der Waals surface area contributed by atoms with Crippen molar-refractivity contribution in [1.29, 1.82) is 0 Å². The molecule has 2 heterocycles. The fourth-order valence-electron chi connectivity index (χ4n) is 2.78. The molecule has 0 radical (unpaired) electrons. The molecule has 0 aliphatic heterocycles. The smallest absolute Gasteiger partial charge is 0.263 e. The second kappa shape index (κ2) is 9.91. The monoisotopic (exact) mass is 468 g/mol. The van der Waals surface area contributed by atoms with Crippen LogP contribution in [0.25, 0.3) is 17.4 Å². The molecule has 0 unspecified atom stereocenters. The maximum absolute atomic E-state index is 12.9.